The van der Waals surface area contributed by atoms with Crippen LogP contribution in [0.15, 0.2) is 11.6 Å². The maximum atomic E-state index is 11.4. The fourth-order valence-electron chi connectivity index (χ4n) is 9.50. The third-order valence-electron chi connectivity index (χ3n) is 14.8. The number of aliphatic hydroxyl groups is 2. The number of aliphatic hydroxyl groups excluding tert-OH is 2. The molecule has 7 fully saturated rings. The predicted molar refractivity (Wildman–Crippen MR) is 428 cm³/mol. The Kier molecular flexibility index (Phi) is 101. The number of hydrogen-bond donors (Lipinski definition) is 2. The molecule has 0 saturated carbocycles. The second-order valence-electron chi connectivity index (χ2n) is 23.2. The average molecular weight is 1940 g/mol. The molecule has 1 atom stereocenters. The summed E-state index contributed by atoms with van der Waals surface area (Å²) in [6.07, 6.45) is 20.8. The van der Waals surface area contributed by atoms with Crippen LogP contribution in [0.4, 0.5) is 0 Å². The van der Waals surface area contributed by atoms with Crippen LogP contribution in [0, 0.1) is 29.6 Å². The number of rotatable bonds is 20. The van der Waals surface area contributed by atoms with E-state index in [-0.39, 0.29) is 190 Å². The first kappa shape index (κ1) is 130. The molecule has 2 N–H and O–H groups in total. The monoisotopic (exact) mass is 1930 g/mol. The van der Waals surface area contributed by atoms with Crippen LogP contribution in [0.3, 0.4) is 0 Å². The Morgan fingerprint density at radius 2 is 0.904 bits per heavy atom. The number of alkyl halides is 1. The van der Waals surface area contributed by atoms with Crippen LogP contribution in [0.1, 0.15) is 151 Å². The van der Waals surface area contributed by atoms with E-state index >= 15 is 0 Å². The largest absolute Gasteiger partial charge is 1.00 e. The minimum atomic E-state index is -3.37. The zero-order chi connectivity index (χ0) is 74.3. The molecular weight excluding hydrogens is 1810 g/mol. The Balaban J connectivity index is -0.000000105. The van der Waals surface area contributed by atoms with Gasteiger partial charge in [-0.2, -0.15) is 55.5 Å². The molecule has 0 radical (unpaired) electrons. The van der Waals surface area contributed by atoms with Gasteiger partial charge in [0.25, 0.3) is 10.1 Å². The van der Waals surface area contributed by atoms with Crippen LogP contribution in [0.25, 0.3) is 0 Å². The number of carbonyl (C=O) groups is 4. The van der Waals surface area contributed by atoms with Gasteiger partial charge in [0.05, 0.1) is 80.1 Å². The number of carbonyl (C=O) groups excluding carboxylic acids is 4. The molecule has 0 aliphatic carbocycles. The Morgan fingerprint density at radius 3 is 1.22 bits per heavy atom. The first-order chi connectivity index (χ1) is 45.5. The number of Topliss-reactive ketones (excluding diaryl/α,β-unsaturated/α-hetero) is 1. The normalized spacial score (nSPS) is 18.8. The minimum absolute atomic E-state index is 0. The molecule has 0 spiro atoms. The molecule has 0 aromatic heterocycles. The third kappa shape index (κ3) is 91.1. The standard InChI is InChI=1S/C9H16O2S.C9H14O2S.C8H16O5S2.C7H13BrO2S.C7H15O4P.C7H14O3S.C7H14OS.C5H8OS.CH3ClO2S.Al.BH4.BrH.2ClH.2Li.2Na.Ni.5H/c2*1-2-11-9(10)7-8-3-5-12-6-4-8;1-14(9,10)13-5-2-8-3-6-15(11,12)7-4-8;8-4-1-7-2-5-11(9,10)6-3-7;1-4-10-7(8)6-12(3,9)11-5-2;8-4-1-7-2-5-11(9,10)6-3-7;8-4-1-7-2-5-9-6-3-7;6-5-1-3-7-4-2-5;1-5(2,3)4;;;;;;;;;;;;;;;/h8H,2-7H2,1H3;7H,2-6H2,1H3;8H,2-7H2,1H3;7H,1-6H2;4-6H2,1-3H3;7-8H,1-6H2;7-8H,1-6H2;1-4H2;1H3;;1H4;3*1H;;;;;;;;;;/q;;;;;;;;;2*-1;;;;4*+1;+2;;;;;-1/p-3. The van der Waals surface area contributed by atoms with Gasteiger partial charge in [-0.3, -0.25) is 23.1 Å². The van der Waals surface area contributed by atoms with E-state index in [2.05, 4.69) is 35.5 Å². The topological polar surface area (TPSA) is 343 Å². The van der Waals surface area contributed by atoms with E-state index in [0.717, 1.165) is 117 Å². The van der Waals surface area contributed by atoms with Crippen LogP contribution < -0.4 is 114 Å². The number of allylic oxidation sites excluding steroid dienone is 1. The van der Waals surface area contributed by atoms with E-state index in [1.807, 2.05) is 60.9 Å². The van der Waals surface area contributed by atoms with Crippen molar-refractivity contribution in [1.82, 2.24) is 0 Å². The maximum Gasteiger partial charge on any atom is 1.00 e. The molecule has 608 valence electrons. The molecule has 104 heavy (non-hydrogen) atoms. The van der Waals surface area contributed by atoms with Gasteiger partial charge in [-0.05, 0) is 195 Å². The van der Waals surface area contributed by atoms with E-state index in [0.29, 0.717) is 118 Å². The summed E-state index contributed by atoms with van der Waals surface area (Å²) in [7, 11) is -3.60. The Morgan fingerprint density at radius 1 is 0.587 bits per heavy atom. The van der Waals surface area contributed by atoms with Crippen molar-refractivity contribution in [1.29, 1.82) is 0 Å². The number of hydrogen-bond acceptors (Lipinski definition) is 26. The molecule has 7 heterocycles. The summed E-state index contributed by atoms with van der Waals surface area (Å²) in [6.45, 7) is 10.9. The van der Waals surface area contributed by atoms with Gasteiger partial charge in [0.15, 0.2) is 0 Å². The van der Waals surface area contributed by atoms with Crippen LogP contribution in [0.5, 0.6) is 0 Å². The summed E-state index contributed by atoms with van der Waals surface area (Å²) >= 11 is 11.8. The number of sulfone groups is 3. The van der Waals surface area contributed by atoms with Gasteiger partial charge < -0.3 is 47.4 Å². The number of ketones is 1. The van der Waals surface area contributed by atoms with Gasteiger partial charge >= 0.3 is 148 Å². The van der Waals surface area contributed by atoms with E-state index in [9.17, 15) is 65.8 Å². The van der Waals surface area contributed by atoms with Gasteiger partial charge in [-0.25, -0.2) is 38.5 Å². The molecule has 0 aromatic rings. The first-order valence-electron chi connectivity index (χ1n) is 32.6. The summed E-state index contributed by atoms with van der Waals surface area (Å²) < 4.78 is 141. The van der Waals surface area contributed by atoms with E-state index in [4.69, 9.17) is 44.6 Å². The minimum Gasteiger partial charge on any atom is -1.00 e. The van der Waals surface area contributed by atoms with Gasteiger partial charge in [0.2, 0.25) is 16.4 Å². The van der Waals surface area contributed by atoms with Crippen LogP contribution in [-0.2, 0) is 108 Å². The van der Waals surface area contributed by atoms with E-state index in [1.165, 1.54) is 60.9 Å². The molecular formula is C60H122AlBBr2Cl3Li2Na2NiO22PS9. The van der Waals surface area contributed by atoms with Crippen molar-refractivity contribution in [2.24, 2.45) is 29.6 Å². The summed E-state index contributed by atoms with van der Waals surface area (Å²) in [5.74, 6) is 13.9. The first-order valence-corrected chi connectivity index (χ1v) is 53.3. The van der Waals surface area contributed by atoms with E-state index < -0.39 is 62.0 Å². The molecule has 44 heteroatoms. The SMILES string of the molecule is CCOC(=O)C=C1CCSCC1.CCOC(=O)CC1CCSCC1.CCOC(=O)CP(C)(=O)OCC.CS(=O)(=O)Cl.CS(=O)(=O)OCCC1CCS(=O)(=O)CC1.O=C1CCSCC1.O=S1(=O)CCC(CCBr)CC1.O=S1(=O)CCC(CCO)CC1.OCCC1CCSCC1.[AlH4-].[BH4-].[Br-].[Cl][Ni][Cl].[H-].[Li+].[Li+].[Na+].[Na+]. The molecule has 7 rings (SSSR count). The fraction of sp³-hybridized carbons (Fsp3) is 0.900. The van der Waals surface area contributed by atoms with Crippen molar-refractivity contribution < 1.29 is 227 Å². The summed E-state index contributed by atoms with van der Waals surface area (Å²) in [5.41, 5.74) is 1.24. The Bertz CT molecular complexity index is 2700. The van der Waals surface area contributed by atoms with Crippen LogP contribution in [-0.4, -0.2) is 259 Å². The maximum absolute atomic E-state index is 11.4. The van der Waals surface area contributed by atoms with Crippen LogP contribution >= 0.6 is 101 Å². The van der Waals surface area contributed by atoms with E-state index in [1.54, 1.807) is 19.9 Å². The van der Waals surface area contributed by atoms with Gasteiger partial charge in [-0.1, -0.05) is 29.9 Å². The smallest absolute Gasteiger partial charge is 1.00 e. The van der Waals surface area contributed by atoms with Gasteiger partial charge in [0, 0.05) is 90.1 Å². The number of ether oxygens (including phenoxy) is 3. The van der Waals surface area contributed by atoms with Crippen molar-refractivity contribution in [3.63, 3.8) is 0 Å². The molecule has 0 bridgehead atoms. The molecule has 0 amide bonds. The third-order valence-corrected chi connectivity index (χ3v) is 26.7. The molecule has 0 aromatic carbocycles. The predicted octanol–water partition coefficient (Wildman–Crippen LogP) is -6.07. The van der Waals surface area contributed by atoms with Gasteiger partial charge in [-0.15, -0.1) is 0 Å². The van der Waals surface area contributed by atoms with Crippen molar-refractivity contribution in [3.05, 3.63) is 11.6 Å². The molecule has 7 saturated heterocycles. The Hall–Kier alpha value is 5.16. The number of halogens is 5. The van der Waals surface area contributed by atoms with Crippen molar-refractivity contribution >= 4 is 200 Å². The zero-order valence-corrected chi connectivity index (χ0v) is 80.7. The Labute approximate surface area is 764 Å². The molecule has 22 nitrogen and oxygen atoms in total. The molecule has 7 aliphatic heterocycles. The van der Waals surface area contributed by atoms with Crippen molar-refractivity contribution in [3.8, 4) is 0 Å². The summed E-state index contributed by atoms with van der Waals surface area (Å²) in [5, 5.41) is 18.2. The number of esters is 3. The second-order valence-corrected chi connectivity index (χ2v) is 44.7. The molecule has 1 unspecified atom stereocenters. The average Bonchev–Trinajstić information content (AvgIpc) is 0.888. The van der Waals surface area contributed by atoms with Crippen molar-refractivity contribution in [2.75, 3.05) is 157 Å². The molecule has 7 aliphatic rings. The second kappa shape index (κ2) is 80.6. The van der Waals surface area contributed by atoms with Crippen molar-refractivity contribution in [2.45, 2.75) is 150 Å². The zero-order valence-electron chi connectivity index (χ0n) is 63.0. The summed E-state index contributed by atoms with van der Waals surface area (Å²) in [4.78, 5) is 43.4. The van der Waals surface area contributed by atoms with Gasteiger partial charge in [0.1, 0.15) is 41.5 Å². The quantitative estimate of drug-likeness (QED) is 0.0167. The summed E-state index contributed by atoms with van der Waals surface area (Å²) in [6, 6.07) is 0. The van der Waals surface area contributed by atoms with Crippen LogP contribution in [0.2, 0.25) is 0 Å². The fourth-order valence-corrected chi connectivity index (χ4v) is 20.9. The number of thioether (sulfide) groups is 4.